The fraction of sp³-hybridized carbons (Fsp3) is 0.389. The topological polar surface area (TPSA) is 61.4 Å². The van der Waals surface area contributed by atoms with Gasteiger partial charge in [0.05, 0.1) is 23.6 Å². The molecule has 0 saturated carbocycles. The zero-order valence-corrected chi connectivity index (χ0v) is 14.5. The molecule has 1 aliphatic rings. The van der Waals surface area contributed by atoms with E-state index in [0.717, 1.165) is 43.4 Å². The quantitative estimate of drug-likeness (QED) is 0.920. The molecule has 1 saturated heterocycles. The lowest BCUT2D eigenvalue weighted by Gasteiger charge is -2.35. The zero-order valence-electron chi connectivity index (χ0n) is 14.5. The van der Waals surface area contributed by atoms with Gasteiger partial charge in [0.25, 0.3) is 0 Å². The van der Waals surface area contributed by atoms with Crippen LogP contribution in [0.3, 0.4) is 0 Å². The summed E-state index contributed by atoms with van der Waals surface area (Å²) in [6.07, 6.45) is 1.77. The van der Waals surface area contributed by atoms with Crippen LogP contribution in [0.15, 0.2) is 30.5 Å². The highest BCUT2D eigenvalue weighted by Gasteiger charge is 2.21. The number of nitrogens with zero attached hydrogens (tertiary/aromatic N) is 4. The Balaban J connectivity index is 1.53. The van der Waals surface area contributed by atoms with Crippen LogP contribution in [-0.4, -0.2) is 53.5 Å². The summed E-state index contributed by atoms with van der Waals surface area (Å²) in [4.78, 5) is 25.3. The highest BCUT2D eigenvalue weighted by Crippen LogP contribution is 2.17. The number of carbonyl (C=O) groups is 1. The van der Waals surface area contributed by atoms with Gasteiger partial charge in [0, 0.05) is 32.4 Å². The molecule has 0 spiro atoms. The van der Waals surface area contributed by atoms with E-state index >= 15 is 0 Å². The summed E-state index contributed by atoms with van der Waals surface area (Å²) in [5.41, 5.74) is 2.03. The van der Waals surface area contributed by atoms with Crippen LogP contribution in [0.4, 0.5) is 15.9 Å². The van der Waals surface area contributed by atoms with Crippen LogP contribution in [0.1, 0.15) is 11.4 Å². The second-order valence-electron chi connectivity index (χ2n) is 6.21. The summed E-state index contributed by atoms with van der Waals surface area (Å²) >= 11 is 0. The second-order valence-corrected chi connectivity index (χ2v) is 6.21. The Morgan fingerprint density at radius 3 is 2.64 bits per heavy atom. The fourth-order valence-corrected chi connectivity index (χ4v) is 2.90. The van der Waals surface area contributed by atoms with Crippen molar-refractivity contribution in [2.45, 2.75) is 13.8 Å². The number of piperazine rings is 1. The van der Waals surface area contributed by atoms with Gasteiger partial charge in [0.1, 0.15) is 11.6 Å². The van der Waals surface area contributed by atoms with Crippen molar-refractivity contribution in [2.75, 3.05) is 42.9 Å². The van der Waals surface area contributed by atoms with E-state index in [4.69, 9.17) is 0 Å². The molecule has 3 rings (SSSR count). The third kappa shape index (κ3) is 4.30. The van der Waals surface area contributed by atoms with Gasteiger partial charge >= 0.3 is 0 Å². The third-order valence-corrected chi connectivity index (χ3v) is 4.24. The lowest BCUT2D eigenvalue weighted by atomic mass is 10.2. The maximum Gasteiger partial charge on any atom is 0.238 e. The van der Waals surface area contributed by atoms with Crippen molar-refractivity contribution >= 4 is 17.4 Å². The molecule has 0 bridgehead atoms. The van der Waals surface area contributed by atoms with Crippen molar-refractivity contribution in [3.8, 4) is 0 Å². The van der Waals surface area contributed by atoms with Crippen LogP contribution in [0.2, 0.25) is 0 Å². The number of amides is 1. The molecule has 2 heterocycles. The van der Waals surface area contributed by atoms with Crippen LogP contribution in [0.25, 0.3) is 0 Å². The number of aromatic nitrogens is 2. The summed E-state index contributed by atoms with van der Waals surface area (Å²) in [6.45, 7) is 7.20. The van der Waals surface area contributed by atoms with Gasteiger partial charge in [-0.2, -0.15) is 0 Å². The first-order valence-corrected chi connectivity index (χ1v) is 8.35. The van der Waals surface area contributed by atoms with E-state index in [9.17, 15) is 9.18 Å². The first-order chi connectivity index (χ1) is 12.0. The van der Waals surface area contributed by atoms with Gasteiger partial charge in [-0.05, 0) is 26.0 Å². The number of hydrogen-bond acceptors (Lipinski definition) is 5. The van der Waals surface area contributed by atoms with Crippen molar-refractivity contribution in [3.63, 3.8) is 0 Å². The predicted molar refractivity (Wildman–Crippen MR) is 95.2 cm³/mol. The summed E-state index contributed by atoms with van der Waals surface area (Å²) in [6, 6.07) is 6.19. The lowest BCUT2D eigenvalue weighted by Crippen LogP contribution is -2.49. The smallest absolute Gasteiger partial charge is 0.238 e. The average molecular weight is 343 g/mol. The number of carbonyl (C=O) groups excluding carboxylic acids is 1. The zero-order chi connectivity index (χ0) is 17.8. The molecule has 1 aromatic heterocycles. The Bertz CT molecular complexity index is 759. The first-order valence-electron chi connectivity index (χ1n) is 8.35. The van der Waals surface area contributed by atoms with E-state index in [2.05, 4.69) is 25.1 Å². The maximum absolute atomic E-state index is 13.6. The molecular weight excluding hydrogens is 321 g/mol. The van der Waals surface area contributed by atoms with Crippen LogP contribution in [0, 0.1) is 19.7 Å². The fourth-order valence-electron chi connectivity index (χ4n) is 2.90. The number of nitrogens with one attached hydrogen (secondary N) is 1. The lowest BCUT2D eigenvalue weighted by molar-refractivity contribution is -0.117. The highest BCUT2D eigenvalue weighted by atomic mass is 19.1. The normalized spacial score (nSPS) is 15.2. The van der Waals surface area contributed by atoms with Gasteiger partial charge < -0.3 is 10.2 Å². The van der Waals surface area contributed by atoms with E-state index in [0.29, 0.717) is 0 Å². The predicted octanol–water partition coefficient (Wildman–Crippen LogP) is 1.99. The summed E-state index contributed by atoms with van der Waals surface area (Å²) < 4.78 is 13.6. The minimum Gasteiger partial charge on any atom is -0.353 e. The Morgan fingerprint density at radius 1 is 1.20 bits per heavy atom. The van der Waals surface area contributed by atoms with Crippen LogP contribution in [0.5, 0.6) is 0 Å². The standard InChI is InChI=1S/C18H22FN5O/c1-13-11-20-14(2)18(21-13)24-9-7-23(8-10-24)12-17(25)22-16-6-4-3-5-15(16)19/h3-6,11H,7-10,12H2,1-2H3,(H,22,25). The Morgan fingerprint density at radius 2 is 1.92 bits per heavy atom. The minimum atomic E-state index is -0.422. The number of aryl methyl sites for hydroxylation is 2. The van der Waals surface area contributed by atoms with Gasteiger partial charge in [-0.3, -0.25) is 14.7 Å². The SMILES string of the molecule is Cc1cnc(C)c(N2CCN(CC(=O)Nc3ccccc3F)CC2)n1. The first kappa shape index (κ1) is 17.3. The molecule has 1 fully saturated rings. The van der Waals surface area contributed by atoms with Crippen molar-refractivity contribution in [3.05, 3.63) is 47.7 Å². The second kappa shape index (κ2) is 7.57. The average Bonchev–Trinajstić information content (AvgIpc) is 2.60. The molecule has 7 heteroatoms. The largest absolute Gasteiger partial charge is 0.353 e. The molecule has 1 amide bonds. The molecule has 1 aromatic carbocycles. The van der Waals surface area contributed by atoms with E-state index in [1.807, 2.05) is 13.8 Å². The van der Waals surface area contributed by atoms with Gasteiger partial charge in [0.2, 0.25) is 5.91 Å². The van der Waals surface area contributed by atoms with Gasteiger partial charge in [0.15, 0.2) is 0 Å². The number of rotatable bonds is 4. The van der Waals surface area contributed by atoms with Gasteiger partial charge in [-0.1, -0.05) is 12.1 Å². The molecule has 1 aliphatic heterocycles. The monoisotopic (exact) mass is 343 g/mol. The molecule has 0 atom stereocenters. The van der Waals surface area contributed by atoms with Crippen LogP contribution < -0.4 is 10.2 Å². The number of hydrogen-bond donors (Lipinski definition) is 1. The molecular formula is C18H22FN5O. The molecule has 25 heavy (non-hydrogen) atoms. The summed E-state index contributed by atoms with van der Waals surface area (Å²) in [7, 11) is 0. The summed E-state index contributed by atoms with van der Waals surface area (Å²) in [5, 5.41) is 2.63. The highest BCUT2D eigenvalue weighted by molar-refractivity contribution is 5.92. The van der Waals surface area contributed by atoms with Crippen LogP contribution in [-0.2, 0) is 4.79 Å². The Kier molecular flexibility index (Phi) is 5.23. The molecule has 6 nitrogen and oxygen atoms in total. The van der Waals surface area contributed by atoms with Gasteiger partial charge in [-0.25, -0.2) is 9.37 Å². The van der Waals surface area contributed by atoms with E-state index in [1.165, 1.54) is 6.07 Å². The number of halogens is 1. The number of anilines is 2. The molecule has 132 valence electrons. The van der Waals surface area contributed by atoms with E-state index in [-0.39, 0.29) is 18.1 Å². The Labute approximate surface area is 146 Å². The van der Waals surface area contributed by atoms with Crippen LogP contribution >= 0.6 is 0 Å². The van der Waals surface area contributed by atoms with E-state index in [1.54, 1.807) is 24.4 Å². The minimum absolute atomic E-state index is 0.204. The van der Waals surface area contributed by atoms with Crippen molar-refractivity contribution < 1.29 is 9.18 Å². The third-order valence-electron chi connectivity index (χ3n) is 4.24. The van der Waals surface area contributed by atoms with Gasteiger partial charge in [-0.15, -0.1) is 0 Å². The maximum atomic E-state index is 13.6. The molecule has 2 aromatic rings. The molecule has 1 N–H and O–H groups in total. The Hall–Kier alpha value is -2.54. The molecule has 0 radical (unpaired) electrons. The summed E-state index contributed by atoms with van der Waals surface area (Å²) in [5.74, 6) is 0.287. The molecule has 0 unspecified atom stereocenters. The number of benzene rings is 1. The van der Waals surface area contributed by atoms with Crippen molar-refractivity contribution in [1.29, 1.82) is 0 Å². The van der Waals surface area contributed by atoms with Crippen molar-refractivity contribution in [2.24, 2.45) is 0 Å². The van der Waals surface area contributed by atoms with E-state index < -0.39 is 5.82 Å². The molecule has 0 aliphatic carbocycles. The number of para-hydroxylation sites is 1. The van der Waals surface area contributed by atoms with Crippen molar-refractivity contribution in [1.82, 2.24) is 14.9 Å².